The average Bonchev–Trinajstić information content (AvgIpc) is 2.44. The first-order valence-electron chi connectivity index (χ1n) is 7.12. The van der Waals surface area contributed by atoms with E-state index in [-0.39, 0.29) is 29.8 Å². The lowest BCUT2D eigenvalue weighted by molar-refractivity contribution is 0.126. The molecule has 0 spiro atoms. The van der Waals surface area contributed by atoms with Gasteiger partial charge in [-0.25, -0.2) is 9.38 Å². The fourth-order valence-electron chi connectivity index (χ4n) is 2.45. The maximum absolute atomic E-state index is 14.1. The highest BCUT2D eigenvalue weighted by Crippen LogP contribution is 2.31. The van der Waals surface area contributed by atoms with Gasteiger partial charge >= 0.3 is 0 Å². The van der Waals surface area contributed by atoms with Crippen molar-refractivity contribution in [1.82, 2.24) is 0 Å². The minimum absolute atomic E-state index is 0.0820. The SMILES string of the molecule is NC(N)=NC(N)=Nc1cccc(F)c1NC1CCC(O)CC1. The van der Waals surface area contributed by atoms with Gasteiger partial charge in [-0.15, -0.1) is 0 Å². The molecule has 0 bridgehead atoms. The molecule has 0 aromatic heterocycles. The topological polar surface area (TPSA) is 135 Å². The molecular weight excluding hydrogens is 287 g/mol. The third kappa shape index (κ3) is 4.32. The second kappa shape index (κ2) is 7.08. The molecule has 0 atom stereocenters. The van der Waals surface area contributed by atoms with E-state index in [1.807, 2.05) is 0 Å². The maximum atomic E-state index is 14.1. The zero-order chi connectivity index (χ0) is 16.1. The van der Waals surface area contributed by atoms with E-state index in [1.165, 1.54) is 12.1 Å². The molecule has 1 aromatic rings. The van der Waals surface area contributed by atoms with E-state index in [0.29, 0.717) is 18.5 Å². The number of aliphatic hydroxyl groups excluding tert-OH is 1. The summed E-state index contributed by atoms with van der Waals surface area (Å²) in [6, 6.07) is 4.58. The van der Waals surface area contributed by atoms with Gasteiger partial charge in [-0.3, -0.25) is 0 Å². The quantitative estimate of drug-likeness (QED) is 0.415. The predicted molar refractivity (Wildman–Crippen MR) is 85.4 cm³/mol. The molecule has 0 amide bonds. The van der Waals surface area contributed by atoms with E-state index in [9.17, 15) is 9.50 Å². The van der Waals surface area contributed by atoms with Crippen molar-refractivity contribution in [2.75, 3.05) is 5.32 Å². The van der Waals surface area contributed by atoms with Crippen LogP contribution in [0.4, 0.5) is 15.8 Å². The van der Waals surface area contributed by atoms with Gasteiger partial charge in [0.1, 0.15) is 5.82 Å². The van der Waals surface area contributed by atoms with Crippen LogP contribution < -0.4 is 22.5 Å². The van der Waals surface area contributed by atoms with Crippen molar-refractivity contribution in [1.29, 1.82) is 0 Å². The van der Waals surface area contributed by atoms with Gasteiger partial charge < -0.3 is 27.6 Å². The standard InChI is InChI=1S/C14H21FN6O/c15-10-2-1-3-11(20-14(18)21-13(16)17)12(10)19-8-4-6-9(22)7-5-8/h1-3,8-9,19,22H,4-7H2,(H6,16,17,18,20,21). The summed E-state index contributed by atoms with van der Waals surface area (Å²) >= 11 is 0. The highest BCUT2D eigenvalue weighted by atomic mass is 19.1. The molecule has 1 aliphatic rings. The minimum atomic E-state index is -0.426. The number of nitrogens with two attached hydrogens (primary N) is 3. The van der Waals surface area contributed by atoms with E-state index < -0.39 is 5.82 Å². The summed E-state index contributed by atoms with van der Waals surface area (Å²) in [5.41, 5.74) is 16.6. The number of nitrogens with zero attached hydrogens (tertiary/aromatic N) is 2. The highest BCUT2D eigenvalue weighted by molar-refractivity contribution is 5.94. The molecule has 0 aliphatic heterocycles. The summed E-state index contributed by atoms with van der Waals surface area (Å²) in [4.78, 5) is 7.65. The molecule has 0 unspecified atom stereocenters. The number of benzene rings is 1. The maximum Gasteiger partial charge on any atom is 0.223 e. The summed E-state index contributed by atoms with van der Waals surface area (Å²) in [5.74, 6) is -0.786. The molecule has 2 rings (SSSR count). The van der Waals surface area contributed by atoms with Gasteiger partial charge in [0.25, 0.3) is 0 Å². The van der Waals surface area contributed by atoms with Crippen LogP contribution in [0.3, 0.4) is 0 Å². The van der Waals surface area contributed by atoms with Gasteiger partial charge in [-0.2, -0.15) is 4.99 Å². The number of hydrogen-bond acceptors (Lipinski definition) is 3. The lowest BCUT2D eigenvalue weighted by Crippen LogP contribution is -2.28. The van der Waals surface area contributed by atoms with Gasteiger partial charge in [0, 0.05) is 6.04 Å². The van der Waals surface area contributed by atoms with Gasteiger partial charge in [0.2, 0.25) is 5.96 Å². The summed E-state index contributed by atoms with van der Waals surface area (Å²) in [6.45, 7) is 0. The number of nitrogens with one attached hydrogen (secondary N) is 1. The van der Waals surface area contributed by atoms with E-state index in [1.54, 1.807) is 6.07 Å². The first kappa shape index (κ1) is 16.0. The van der Waals surface area contributed by atoms with E-state index in [4.69, 9.17) is 17.2 Å². The molecule has 0 radical (unpaired) electrons. The molecule has 0 heterocycles. The zero-order valence-corrected chi connectivity index (χ0v) is 12.2. The Morgan fingerprint density at radius 1 is 1.18 bits per heavy atom. The first-order valence-corrected chi connectivity index (χ1v) is 7.12. The molecule has 0 saturated heterocycles. The van der Waals surface area contributed by atoms with Crippen LogP contribution in [-0.4, -0.2) is 29.2 Å². The first-order chi connectivity index (χ1) is 10.5. The minimum Gasteiger partial charge on any atom is -0.393 e. The second-order valence-electron chi connectivity index (χ2n) is 5.29. The Kier molecular flexibility index (Phi) is 5.16. The average molecular weight is 308 g/mol. The lowest BCUT2D eigenvalue weighted by atomic mass is 9.93. The van der Waals surface area contributed by atoms with Gasteiger partial charge in [-0.05, 0) is 37.8 Å². The lowest BCUT2D eigenvalue weighted by Gasteiger charge is -2.27. The van der Waals surface area contributed by atoms with E-state index >= 15 is 0 Å². The van der Waals surface area contributed by atoms with Gasteiger partial charge in [0.15, 0.2) is 5.96 Å². The van der Waals surface area contributed by atoms with Crippen LogP contribution >= 0.6 is 0 Å². The number of hydrogen-bond donors (Lipinski definition) is 5. The molecule has 120 valence electrons. The van der Waals surface area contributed by atoms with Crippen LogP contribution in [0.15, 0.2) is 28.2 Å². The number of aliphatic hydroxyl groups is 1. The third-order valence-corrected chi connectivity index (χ3v) is 3.52. The van der Waals surface area contributed by atoms with Crippen LogP contribution in [0, 0.1) is 5.82 Å². The number of para-hydroxylation sites is 1. The molecule has 1 aliphatic carbocycles. The van der Waals surface area contributed by atoms with Crippen molar-refractivity contribution in [3.05, 3.63) is 24.0 Å². The summed E-state index contributed by atoms with van der Waals surface area (Å²) in [5, 5.41) is 12.7. The summed E-state index contributed by atoms with van der Waals surface area (Å²) in [7, 11) is 0. The van der Waals surface area contributed by atoms with Crippen LogP contribution in [0.1, 0.15) is 25.7 Å². The Balaban J connectivity index is 2.21. The van der Waals surface area contributed by atoms with Crippen LogP contribution in [0.25, 0.3) is 0 Å². The second-order valence-corrected chi connectivity index (χ2v) is 5.29. The zero-order valence-electron chi connectivity index (χ0n) is 12.2. The largest absolute Gasteiger partial charge is 0.393 e. The number of halogens is 1. The normalized spacial score (nSPS) is 22.2. The van der Waals surface area contributed by atoms with Crippen LogP contribution in [0.2, 0.25) is 0 Å². The summed E-state index contributed by atoms with van der Waals surface area (Å²) in [6.07, 6.45) is 2.65. The monoisotopic (exact) mass is 308 g/mol. The molecule has 22 heavy (non-hydrogen) atoms. The van der Waals surface area contributed by atoms with Gasteiger partial charge in [-0.1, -0.05) is 6.07 Å². The third-order valence-electron chi connectivity index (χ3n) is 3.52. The van der Waals surface area contributed by atoms with Crippen molar-refractivity contribution in [3.8, 4) is 0 Å². The molecule has 1 aromatic carbocycles. The molecule has 1 fully saturated rings. The van der Waals surface area contributed by atoms with E-state index in [2.05, 4.69) is 15.3 Å². The number of guanidine groups is 2. The molecule has 7 nitrogen and oxygen atoms in total. The Bertz CT molecular complexity index is 577. The van der Waals surface area contributed by atoms with Crippen molar-refractivity contribution in [3.63, 3.8) is 0 Å². The molecular formula is C14H21FN6O. The Morgan fingerprint density at radius 3 is 2.50 bits per heavy atom. The Labute approximate surface area is 128 Å². The number of anilines is 1. The summed E-state index contributed by atoms with van der Waals surface area (Å²) < 4.78 is 14.1. The van der Waals surface area contributed by atoms with Gasteiger partial charge in [0.05, 0.1) is 17.5 Å². The van der Waals surface area contributed by atoms with E-state index in [0.717, 1.165) is 12.8 Å². The number of rotatable bonds is 3. The fourth-order valence-corrected chi connectivity index (χ4v) is 2.45. The molecule has 8 heteroatoms. The smallest absolute Gasteiger partial charge is 0.223 e. The van der Waals surface area contributed by atoms with Crippen molar-refractivity contribution < 1.29 is 9.50 Å². The number of aliphatic imine (C=N–C) groups is 2. The highest BCUT2D eigenvalue weighted by Gasteiger charge is 2.21. The van der Waals surface area contributed by atoms with Crippen molar-refractivity contribution in [2.24, 2.45) is 27.2 Å². The molecule has 1 saturated carbocycles. The fraction of sp³-hybridized carbons (Fsp3) is 0.429. The Morgan fingerprint density at radius 2 is 1.86 bits per heavy atom. The van der Waals surface area contributed by atoms with Crippen molar-refractivity contribution in [2.45, 2.75) is 37.8 Å². The Hall–Kier alpha value is -2.35. The van der Waals surface area contributed by atoms with Crippen LogP contribution in [0.5, 0.6) is 0 Å². The molecule has 8 N–H and O–H groups in total. The van der Waals surface area contributed by atoms with Crippen LogP contribution in [-0.2, 0) is 0 Å². The predicted octanol–water partition coefficient (Wildman–Crippen LogP) is 0.761. The van der Waals surface area contributed by atoms with Crippen molar-refractivity contribution >= 4 is 23.3 Å².